The van der Waals surface area contributed by atoms with Crippen LogP contribution in [0.15, 0.2) is 24.3 Å². The average molecular weight is 413 g/mol. The van der Waals surface area contributed by atoms with Gasteiger partial charge in [-0.2, -0.15) is 0 Å². The number of hydrogen-bond donors (Lipinski definition) is 4. The number of benzene rings is 1. The van der Waals surface area contributed by atoms with Gasteiger partial charge in [0.2, 0.25) is 10.0 Å². The normalized spacial score (nSPS) is 27.3. The molecule has 0 spiro atoms. The number of carbonyl (C=O) groups excluding carboxylic acids is 1. The highest BCUT2D eigenvalue weighted by molar-refractivity contribution is 7.89. The van der Waals surface area contributed by atoms with Gasteiger partial charge in [0.1, 0.15) is 11.0 Å². The van der Waals surface area contributed by atoms with Crippen molar-refractivity contribution in [2.24, 2.45) is 0 Å². The summed E-state index contributed by atoms with van der Waals surface area (Å²) in [4.78, 5) is 12.0. The molecule has 1 aromatic rings. The Morgan fingerprint density at radius 3 is 2.46 bits per heavy atom. The Morgan fingerprint density at radius 1 is 1.25 bits per heavy atom. The Balaban J connectivity index is 1.72. The van der Waals surface area contributed by atoms with E-state index in [-0.39, 0.29) is 18.9 Å². The number of rotatable bonds is 5. The smallest absolute Gasteiger partial charge is 0.278 e. The number of aliphatic hydroxyl groups is 1. The summed E-state index contributed by atoms with van der Waals surface area (Å²) >= 11 is 0. The molecule has 2 atom stereocenters. The summed E-state index contributed by atoms with van der Waals surface area (Å²) in [6.45, 7) is 0.776. The summed E-state index contributed by atoms with van der Waals surface area (Å²) < 4.78 is 32.9. The lowest BCUT2D eigenvalue weighted by molar-refractivity contribution is -0.150. The Morgan fingerprint density at radius 2 is 1.89 bits per heavy atom. The zero-order chi connectivity index (χ0) is 20.4. The van der Waals surface area contributed by atoms with Crippen molar-refractivity contribution >= 4 is 15.9 Å². The number of amides is 1. The molecule has 156 valence electrons. The molecular weight excluding hydrogens is 386 g/mol. The van der Waals surface area contributed by atoms with Gasteiger partial charge in [0, 0.05) is 19.6 Å². The number of hydroxylamine groups is 1. The maximum absolute atomic E-state index is 13.2. The summed E-state index contributed by atoms with van der Waals surface area (Å²) in [5.74, 6) is -0.0949. The highest BCUT2D eigenvalue weighted by Crippen LogP contribution is 2.33. The summed E-state index contributed by atoms with van der Waals surface area (Å²) in [5, 5.41) is 21.2. The van der Waals surface area contributed by atoms with Gasteiger partial charge < -0.3 is 15.2 Å². The van der Waals surface area contributed by atoms with E-state index in [0.717, 1.165) is 11.3 Å². The van der Waals surface area contributed by atoms with Gasteiger partial charge in [-0.05, 0) is 49.4 Å². The molecule has 2 fully saturated rings. The first-order valence-electron chi connectivity index (χ1n) is 9.33. The number of methoxy groups -OCH3 is 1. The van der Waals surface area contributed by atoms with Crippen molar-refractivity contribution in [3.63, 3.8) is 0 Å². The maximum Gasteiger partial charge on any atom is 0.278 e. The highest BCUT2D eigenvalue weighted by atomic mass is 32.2. The van der Waals surface area contributed by atoms with Crippen LogP contribution in [-0.4, -0.2) is 73.1 Å². The minimum absolute atomic E-state index is 0.0880. The Labute approximate surface area is 164 Å². The SMILES string of the molecule is COc1ccc(C2CCN(S(=O)(=O)C3CCNCC3(O)C(=O)NO)CC2)cc1. The van der Waals surface area contributed by atoms with Crippen molar-refractivity contribution in [3.8, 4) is 5.75 Å². The van der Waals surface area contributed by atoms with E-state index in [1.807, 2.05) is 24.3 Å². The van der Waals surface area contributed by atoms with E-state index in [2.05, 4.69) is 5.32 Å². The fourth-order valence-corrected chi connectivity index (χ4v) is 6.26. The van der Waals surface area contributed by atoms with Crippen molar-refractivity contribution in [1.29, 1.82) is 0 Å². The largest absolute Gasteiger partial charge is 0.497 e. The van der Waals surface area contributed by atoms with Gasteiger partial charge in [0.05, 0.1) is 7.11 Å². The molecule has 2 aliphatic rings. The minimum atomic E-state index is -3.91. The summed E-state index contributed by atoms with van der Waals surface area (Å²) in [6.07, 6.45) is 1.40. The Hall–Kier alpha value is -1.72. The fourth-order valence-electron chi connectivity index (χ4n) is 4.08. The topological polar surface area (TPSA) is 128 Å². The molecule has 1 amide bonds. The van der Waals surface area contributed by atoms with E-state index < -0.39 is 26.8 Å². The van der Waals surface area contributed by atoms with Crippen LogP contribution in [0.5, 0.6) is 5.75 Å². The lowest BCUT2D eigenvalue weighted by Crippen LogP contribution is -2.67. The highest BCUT2D eigenvalue weighted by Gasteiger charge is 2.53. The Bertz CT molecular complexity index is 792. The molecule has 2 aliphatic heterocycles. The van der Waals surface area contributed by atoms with E-state index in [1.165, 1.54) is 9.79 Å². The van der Waals surface area contributed by atoms with Gasteiger partial charge in [-0.3, -0.25) is 10.0 Å². The van der Waals surface area contributed by atoms with Crippen LogP contribution in [0.2, 0.25) is 0 Å². The van der Waals surface area contributed by atoms with Crippen LogP contribution in [0.1, 0.15) is 30.7 Å². The van der Waals surface area contributed by atoms with Crippen LogP contribution < -0.4 is 15.5 Å². The molecule has 0 saturated carbocycles. The summed E-state index contributed by atoms with van der Waals surface area (Å²) in [6, 6.07) is 7.76. The molecule has 9 nitrogen and oxygen atoms in total. The molecule has 1 aromatic carbocycles. The van der Waals surface area contributed by atoms with Gasteiger partial charge in [-0.15, -0.1) is 0 Å². The molecule has 0 radical (unpaired) electrons. The maximum atomic E-state index is 13.2. The molecule has 28 heavy (non-hydrogen) atoms. The molecule has 2 unspecified atom stereocenters. The van der Waals surface area contributed by atoms with Gasteiger partial charge in [0.25, 0.3) is 5.91 Å². The van der Waals surface area contributed by atoms with Crippen LogP contribution in [-0.2, 0) is 14.8 Å². The van der Waals surface area contributed by atoms with Crippen molar-refractivity contribution in [2.45, 2.75) is 36.0 Å². The van der Waals surface area contributed by atoms with Gasteiger partial charge in [0.15, 0.2) is 5.60 Å². The first kappa shape index (κ1) is 21.0. The van der Waals surface area contributed by atoms with Crippen LogP contribution >= 0.6 is 0 Å². The number of nitrogens with zero attached hydrogens (tertiary/aromatic N) is 1. The van der Waals surface area contributed by atoms with Crippen LogP contribution in [0, 0.1) is 0 Å². The standard InChI is InChI=1S/C18H27N3O6S/c1-27-15-4-2-13(3-5-15)14-7-10-21(11-8-14)28(25,26)16-6-9-19-12-18(16,23)17(22)20-24/h2-5,14,16,19,23-24H,6-12H2,1H3,(H,20,22). The van der Waals surface area contributed by atoms with E-state index in [4.69, 9.17) is 9.94 Å². The van der Waals surface area contributed by atoms with Crippen molar-refractivity contribution in [3.05, 3.63) is 29.8 Å². The van der Waals surface area contributed by atoms with E-state index >= 15 is 0 Å². The van der Waals surface area contributed by atoms with E-state index in [1.54, 1.807) is 7.11 Å². The third-order valence-corrected chi connectivity index (χ3v) is 8.20. The molecule has 2 saturated heterocycles. The molecule has 3 rings (SSSR count). The second kappa shape index (κ2) is 8.34. The van der Waals surface area contributed by atoms with Crippen LogP contribution in [0.3, 0.4) is 0 Å². The third-order valence-electron chi connectivity index (χ3n) is 5.77. The van der Waals surface area contributed by atoms with E-state index in [9.17, 15) is 18.3 Å². The van der Waals surface area contributed by atoms with Crippen LogP contribution in [0.25, 0.3) is 0 Å². The van der Waals surface area contributed by atoms with Crippen LogP contribution in [0.4, 0.5) is 0 Å². The van der Waals surface area contributed by atoms with Crippen molar-refractivity contribution in [2.75, 3.05) is 33.3 Å². The third kappa shape index (κ3) is 3.87. The van der Waals surface area contributed by atoms with Crippen molar-refractivity contribution in [1.82, 2.24) is 15.1 Å². The summed E-state index contributed by atoms with van der Waals surface area (Å²) in [5.41, 5.74) is 0.321. The number of β-amino-alcohol motifs (C(OH)–C–C–N with tert-alkyl or cyclic N) is 1. The number of hydrogen-bond acceptors (Lipinski definition) is 7. The van der Waals surface area contributed by atoms with Crippen molar-refractivity contribution < 1.29 is 28.3 Å². The second-order valence-electron chi connectivity index (χ2n) is 7.31. The zero-order valence-corrected chi connectivity index (χ0v) is 16.6. The quantitative estimate of drug-likeness (QED) is 0.389. The second-order valence-corrected chi connectivity index (χ2v) is 9.43. The first-order valence-corrected chi connectivity index (χ1v) is 10.8. The molecule has 10 heteroatoms. The Kier molecular flexibility index (Phi) is 6.25. The predicted octanol–water partition coefficient (Wildman–Crippen LogP) is -0.197. The van der Waals surface area contributed by atoms with Gasteiger partial charge in [-0.25, -0.2) is 18.2 Å². The number of nitrogens with one attached hydrogen (secondary N) is 2. The fraction of sp³-hybridized carbons (Fsp3) is 0.611. The monoisotopic (exact) mass is 413 g/mol. The molecule has 0 aliphatic carbocycles. The summed E-state index contributed by atoms with van der Waals surface area (Å²) in [7, 11) is -2.30. The van der Waals surface area contributed by atoms with Gasteiger partial charge in [-0.1, -0.05) is 12.1 Å². The van der Waals surface area contributed by atoms with E-state index in [0.29, 0.717) is 32.5 Å². The molecule has 2 heterocycles. The lowest BCUT2D eigenvalue weighted by atomic mass is 9.90. The molecule has 0 bridgehead atoms. The average Bonchev–Trinajstić information content (AvgIpc) is 2.73. The molecule has 0 aromatic heterocycles. The molecule has 4 N–H and O–H groups in total. The number of sulfonamides is 1. The number of ether oxygens (including phenoxy) is 1. The minimum Gasteiger partial charge on any atom is -0.497 e. The number of carbonyl (C=O) groups is 1. The van der Waals surface area contributed by atoms with Gasteiger partial charge >= 0.3 is 0 Å². The zero-order valence-electron chi connectivity index (χ0n) is 15.8. The lowest BCUT2D eigenvalue weighted by Gasteiger charge is -2.41. The first-order chi connectivity index (χ1) is 13.3. The number of piperidine rings is 2. The predicted molar refractivity (Wildman–Crippen MR) is 102 cm³/mol. The molecular formula is C18H27N3O6S.